The number of hydrogen-bond donors (Lipinski definition) is 7. The van der Waals surface area contributed by atoms with E-state index in [9.17, 15) is 4.79 Å². The summed E-state index contributed by atoms with van der Waals surface area (Å²) in [5.41, 5.74) is 0.505. The van der Waals surface area contributed by atoms with Crippen molar-refractivity contribution in [3.05, 3.63) is 28.2 Å². The number of rotatable bonds is 2. The second-order valence-corrected chi connectivity index (χ2v) is 12.9. The summed E-state index contributed by atoms with van der Waals surface area (Å²) in [4.78, 5) is 58.3. The zero-order valence-electron chi connectivity index (χ0n) is 13.6. The predicted molar refractivity (Wildman–Crippen MR) is 120 cm³/mol. The summed E-state index contributed by atoms with van der Waals surface area (Å²) in [5, 5.41) is 3.35. The predicted octanol–water partition coefficient (Wildman–Crippen LogP) is 3.20. The number of benzene rings is 1. The highest BCUT2D eigenvalue weighted by Crippen LogP contribution is 2.28. The van der Waals surface area contributed by atoms with Crippen molar-refractivity contribution >= 4 is 107 Å². The molecule has 9 nitrogen and oxygen atoms in total. The van der Waals surface area contributed by atoms with Gasteiger partial charge in [-0.05, 0) is 41.8 Å². The normalized spacial score (nSPS) is 11.4. The maximum atomic E-state index is 11.7. The Hall–Kier alpha value is 1.000. The number of carbonyl (C=O) groups is 1. The molecule has 0 aliphatic rings. The Balaban J connectivity index is 0. The third-order valence-corrected chi connectivity index (χ3v) is 3.03. The van der Waals surface area contributed by atoms with E-state index >= 15 is 0 Å². The largest absolute Gasteiger partial charge is 0.325 e. The topological polar surface area (TPSA) is 154 Å². The molecule has 0 unspecified atom stereocenters. The fourth-order valence-corrected chi connectivity index (χ4v) is 1.97. The SMILES string of the molecule is CN(CC(Cl)(Cl)Cl)C(=O)Nc1ccc(Cl)c(Cl)c1.OP(O)(O)=S.OP(O)(O)=S. The Kier molecular flexibility index (Phi) is 14.9. The zero-order valence-corrected chi connectivity index (χ0v) is 20.8. The Labute approximate surface area is 195 Å². The van der Waals surface area contributed by atoms with E-state index in [1.54, 1.807) is 12.1 Å². The van der Waals surface area contributed by atoms with Crippen LogP contribution < -0.4 is 5.32 Å². The van der Waals surface area contributed by atoms with Gasteiger partial charge in [0.1, 0.15) is 0 Å². The molecule has 0 aromatic heterocycles. The number of urea groups is 1. The molecule has 1 rings (SSSR count). The van der Waals surface area contributed by atoms with Crippen molar-refractivity contribution in [2.24, 2.45) is 0 Å². The third-order valence-electron chi connectivity index (χ3n) is 1.93. The van der Waals surface area contributed by atoms with Crippen LogP contribution in [0.5, 0.6) is 0 Å². The van der Waals surface area contributed by atoms with Crippen LogP contribution in [0.15, 0.2) is 18.2 Å². The first kappa shape index (κ1) is 31.2. The van der Waals surface area contributed by atoms with E-state index in [0.29, 0.717) is 15.7 Å². The van der Waals surface area contributed by atoms with Gasteiger partial charge in [0.25, 0.3) is 0 Å². The lowest BCUT2D eigenvalue weighted by Gasteiger charge is -2.22. The molecule has 28 heavy (non-hydrogen) atoms. The smallest absolute Gasteiger partial charge is 0.321 e. The molecule has 0 heterocycles. The van der Waals surface area contributed by atoms with Crippen LogP contribution in [-0.4, -0.2) is 57.7 Å². The summed E-state index contributed by atoms with van der Waals surface area (Å²) in [6.07, 6.45) is 0. The van der Waals surface area contributed by atoms with Crippen molar-refractivity contribution in [3.63, 3.8) is 0 Å². The minimum atomic E-state index is -3.81. The lowest BCUT2D eigenvalue weighted by Crippen LogP contribution is -2.37. The van der Waals surface area contributed by atoms with E-state index < -0.39 is 23.3 Å². The van der Waals surface area contributed by atoms with Crippen LogP contribution in [0.4, 0.5) is 10.5 Å². The zero-order chi connectivity index (χ0) is 22.9. The molecule has 0 atom stereocenters. The molecular weight excluding hydrogens is 563 g/mol. The lowest BCUT2D eigenvalue weighted by atomic mass is 10.3. The fourth-order valence-electron chi connectivity index (χ4n) is 1.13. The maximum Gasteiger partial charge on any atom is 0.321 e. The molecule has 0 saturated heterocycles. The Morgan fingerprint density at radius 1 is 1.04 bits per heavy atom. The fraction of sp³-hybridized carbons (Fsp3) is 0.300. The monoisotopic (exact) mass is 576 g/mol. The first-order valence-corrected chi connectivity index (χ1v) is 13.5. The Morgan fingerprint density at radius 3 is 1.75 bits per heavy atom. The number of alkyl halides is 3. The minimum Gasteiger partial charge on any atom is -0.325 e. The standard InChI is InChI=1S/C10H9Cl5N2O.2H3O3PS/c1-17(5-10(13,14)15)9(18)16-6-2-3-7(11)8(12)4-6;2*1-4(2,3)5/h2-4H,5H2,1H3,(H,16,18);2*(H3,1,2,3,5). The van der Waals surface area contributed by atoms with E-state index in [0.717, 1.165) is 0 Å². The molecule has 0 aliphatic carbocycles. The first-order chi connectivity index (χ1) is 12.2. The minimum absolute atomic E-state index is 0.0369. The average Bonchev–Trinajstić information content (AvgIpc) is 2.37. The van der Waals surface area contributed by atoms with E-state index in [1.807, 2.05) is 0 Å². The van der Waals surface area contributed by atoms with Crippen molar-refractivity contribution in [2.75, 3.05) is 18.9 Å². The summed E-state index contributed by atoms with van der Waals surface area (Å²) in [5.74, 6) is 0. The van der Waals surface area contributed by atoms with E-state index in [1.165, 1.54) is 18.0 Å². The Bertz CT molecular complexity index is 707. The summed E-state index contributed by atoms with van der Waals surface area (Å²) in [6.45, 7) is -7.65. The third kappa shape index (κ3) is 25.0. The quantitative estimate of drug-likeness (QED) is 0.207. The molecule has 0 saturated carbocycles. The highest BCUT2D eigenvalue weighted by Gasteiger charge is 2.24. The molecule has 1 aromatic carbocycles. The van der Waals surface area contributed by atoms with E-state index in [-0.39, 0.29) is 6.54 Å². The van der Waals surface area contributed by atoms with Crippen molar-refractivity contribution < 1.29 is 34.2 Å². The molecule has 0 radical (unpaired) electrons. The molecule has 2 amide bonds. The second kappa shape index (κ2) is 13.4. The van der Waals surface area contributed by atoms with E-state index in [4.69, 9.17) is 87.4 Å². The van der Waals surface area contributed by atoms with Crippen molar-refractivity contribution in [1.82, 2.24) is 4.90 Å². The number of hydrogen-bond acceptors (Lipinski definition) is 3. The number of carbonyl (C=O) groups excluding carboxylic acids is 1. The van der Waals surface area contributed by atoms with Crippen LogP contribution in [0.1, 0.15) is 0 Å². The van der Waals surface area contributed by atoms with Gasteiger partial charge in [0.2, 0.25) is 3.79 Å². The molecule has 0 aliphatic heterocycles. The first-order valence-electron chi connectivity index (χ1n) is 6.29. The summed E-state index contributed by atoms with van der Waals surface area (Å²) >= 11 is 35.6. The molecular formula is C10H15Cl5N2O7P2S2. The molecule has 18 heteroatoms. The van der Waals surface area contributed by atoms with Gasteiger partial charge >= 0.3 is 19.5 Å². The van der Waals surface area contributed by atoms with Crippen LogP contribution in [0.25, 0.3) is 0 Å². The van der Waals surface area contributed by atoms with Gasteiger partial charge in [-0.3, -0.25) is 0 Å². The lowest BCUT2D eigenvalue weighted by molar-refractivity contribution is 0.223. The number of halogens is 5. The summed E-state index contributed by atoms with van der Waals surface area (Å²) in [7, 11) is 1.51. The average molecular weight is 579 g/mol. The summed E-state index contributed by atoms with van der Waals surface area (Å²) < 4.78 is -1.52. The van der Waals surface area contributed by atoms with Crippen LogP contribution in [0.3, 0.4) is 0 Å². The maximum absolute atomic E-state index is 11.7. The van der Waals surface area contributed by atoms with Gasteiger partial charge in [0.05, 0.1) is 16.6 Å². The van der Waals surface area contributed by atoms with Crippen molar-refractivity contribution in [2.45, 2.75) is 3.79 Å². The van der Waals surface area contributed by atoms with Crippen LogP contribution >= 0.6 is 71.4 Å². The van der Waals surface area contributed by atoms with Crippen molar-refractivity contribution in [1.29, 1.82) is 0 Å². The highest BCUT2D eigenvalue weighted by atomic mass is 35.6. The van der Waals surface area contributed by atoms with E-state index in [2.05, 4.69) is 28.9 Å². The molecule has 1 aromatic rings. The molecule has 0 spiro atoms. The van der Waals surface area contributed by atoms with Gasteiger partial charge in [-0.15, -0.1) is 0 Å². The second-order valence-electron chi connectivity index (χ2n) is 4.56. The van der Waals surface area contributed by atoms with Gasteiger partial charge in [0.15, 0.2) is 0 Å². The number of anilines is 1. The van der Waals surface area contributed by atoms with Crippen LogP contribution in [0.2, 0.25) is 10.0 Å². The highest BCUT2D eigenvalue weighted by molar-refractivity contribution is 8.06. The molecule has 164 valence electrons. The van der Waals surface area contributed by atoms with Crippen LogP contribution in [-0.2, 0) is 23.6 Å². The van der Waals surface area contributed by atoms with Gasteiger partial charge in [-0.25, -0.2) is 4.79 Å². The summed E-state index contributed by atoms with van der Waals surface area (Å²) in [6, 6.07) is 4.31. The van der Waals surface area contributed by atoms with Gasteiger partial charge in [-0.1, -0.05) is 58.0 Å². The number of nitrogens with one attached hydrogen (secondary N) is 1. The number of nitrogens with zero attached hydrogens (tertiary/aromatic N) is 1. The van der Waals surface area contributed by atoms with Gasteiger partial charge in [-0.2, -0.15) is 0 Å². The molecule has 7 N–H and O–H groups in total. The number of amides is 2. The van der Waals surface area contributed by atoms with Crippen LogP contribution in [0, 0.1) is 0 Å². The Morgan fingerprint density at radius 2 is 1.43 bits per heavy atom. The van der Waals surface area contributed by atoms with Crippen molar-refractivity contribution in [3.8, 4) is 0 Å². The molecule has 0 fully saturated rings. The van der Waals surface area contributed by atoms with Gasteiger partial charge in [0, 0.05) is 12.7 Å². The molecule has 0 bridgehead atoms. The van der Waals surface area contributed by atoms with Gasteiger partial charge < -0.3 is 39.6 Å².